The summed E-state index contributed by atoms with van der Waals surface area (Å²) in [6.45, 7) is 30.0. The Balaban J connectivity index is -0.000000101. The largest absolute Gasteiger partial charge is 0.378 e. The standard InChI is InChI=1S/C8H8F2.2C8H9F.C8H16.C8H10.2C7H14O.7CH4.H2/c1-5-3-4-6(2)8(10)7(5)9;2*1-6-3-4-7(2)8(9)5-6;2*1-7-3-5-8(2)6-4-7;2*1-6-3-4-7(2)8-5-6;;;;;;;;/h3-4H,1-2H3;2*3-5H,1-2H3;7-8H,3-6H2,1-2H3;3-6H,1-2H3;2*6-7H,3-5H2,1-2H3;7*1H4;1H. The van der Waals surface area contributed by atoms with Crippen LogP contribution in [0.25, 0.3) is 0 Å². The second-order valence-electron chi connectivity index (χ2n) is 18.0. The van der Waals surface area contributed by atoms with Crippen molar-refractivity contribution in [1.82, 2.24) is 0 Å². The molecule has 3 aliphatic rings. The first-order valence-electron chi connectivity index (χ1n) is 22.3. The predicted octanol–water partition coefficient (Wildman–Crippen LogP) is 20.9. The number of hydrogen-bond acceptors (Lipinski definition) is 2. The van der Waals surface area contributed by atoms with Gasteiger partial charge in [0, 0.05) is 14.6 Å². The van der Waals surface area contributed by atoms with Gasteiger partial charge in [0.25, 0.3) is 0 Å². The van der Waals surface area contributed by atoms with Crippen molar-refractivity contribution in [2.75, 3.05) is 13.2 Å². The molecule has 2 nitrogen and oxygen atoms in total. The highest BCUT2D eigenvalue weighted by atomic mass is 19.2. The van der Waals surface area contributed by atoms with Crippen LogP contribution in [0, 0.1) is 102 Å². The van der Waals surface area contributed by atoms with E-state index in [0.29, 0.717) is 34.5 Å². The normalized spacial score (nSPS) is 19.4. The summed E-state index contributed by atoms with van der Waals surface area (Å²) in [6, 6.07) is 22.0. The summed E-state index contributed by atoms with van der Waals surface area (Å²) >= 11 is 0. The predicted molar refractivity (Wildman–Crippen MR) is 297 cm³/mol. The summed E-state index contributed by atoms with van der Waals surface area (Å²) < 4.78 is 61.2. The molecule has 4 unspecified atom stereocenters. The van der Waals surface area contributed by atoms with Crippen LogP contribution < -0.4 is 0 Å². The van der Waals surface area contributed by atoms with Crippen molar-refractivity contribution in [2.45, 2.75) is 212 Å². The SMILES string of the molecule is C.C.C.C.C.C.C.CC1CCC(C)CC1.CC1CCC(C)OC1.CC1CCC(C)OC1.Cc1ccc(C)c(F)c1.Cc1ccc(C)c(F)c1.Cc1ccc(C)c(F)c1F.Cc1ccc(C)cc1.[HH]. The van der Waals surface area contributed by atoms with Gasteiger partial charge in [0.2, 0.25) is 0 Å². The average molecular weight is 952 g/mol. The topological polar surface area (TPSA) is 18.5 Å². The minimum Gasteiger partial charge on any atom is -0.378 e. The highest BCUT2D eigenvalue weighted by Crippen LogP contribution is 2.27. The van der Waals surface area contributed by atoms with Gasteiger partial charge in [-0.05, 0) is 164 Å². The molecule has 0 N–H and O–H groups in total. The summed E-state index contributed by atoms with van der Waals surface area (Å²) in [6.07, 6.45) is 12.1. The smallest absolute Gasteiger partial charge is 0.161 e. The van der Waals surface area contributed by atoms with Crippen LogP contribution in [0.3, 0.4) is 0 Å². The second-order valence-corrected chi connectivity index (χ2v) is 18.0. The van der Waals surface area contributed by atoms with Crippen LogP contribution in [0.1, 0.15) is 191 Å². The molecule has 0 bridgehead atoms. The Hall–Kier alpha value is -3.48. The molecule has 2 saturated heterocycles. The first kappa shape index (κ1) is 77.7. The van der Waals surface area contributed by atoms with Crippen molar-refractivity contribution < 1.29 is 28.5 Å². The van der Waals surface area contributed by atoms with E-state index in [-0.39, 0.29) is 65.0 Å². The van der Waals surface area contributed by atoms with Gasteiger partial charge in [0.05, 0.1) is 12.2 Å². The maximum absolute atomic E-state index is 12.6. The van der Waals surface area contributed by atoms with E-state index >= 15 is 0 Å². The molecule has 0 aromatic heterocycles. The summed E-state index contributed by atoms with van der Waals surface area (Å²) in [5.74, 6) is 1.93. The highest BCUT2D eigenvalue weighted by molar-refractivity contribution is 5.24. The number of hydrogen-bond donors (Lipinski definition) is 0. The minimum atomic E-state index is -0.736. The van der Waals surface area contributed by atoms with Gasteiger partial charge >= 0.3 is 0 Å². The van der Waals surface area contributed by atoms with E-state index in [1.165, 1.54) is 88.5 Å². The molecule has 4 aromatic carbocycles. The van der Waals surface area contributed by atoms with Crippen molar-refractivity contribution in [2.24, 2.45) is 23.7 Å². The highest BCUT2D eigenvalue weighted by Gasteiger charge is 2.15. The van der Waals surface area contributed by atoms with E-state index in [4.69, 9.17) is 9.47 Å². The molecule has 2 heterocycles. The van der Waals surface area contributed by atoms with Crippen LogP contribution in [0.4, 0.5) is 17.6 Å². The van der Waals surface area contributed by atoms with Gasteiger partial charge in [-0.15, -0.1) is 0 Å². The first-order chi connectivity index (χ1) is 28.2. The van der Waals surface area contributed by atoms with Crippen LogP contribution in [0.15, 0.2) is 72.8 Å². The lowest BCUT2D eigenvalue weighted by Crippen LogP contribution is -2.21. The molecule has 7 rings (SSSR count). The van der Waals surface area contributed by atoms with Gasteiger partial charge in [-0.1, -0.05) is 177 Å². The van der Waals surface area contributed by atoms with Gasteiger partial charge in [0.1, 0.15) is 11.6 Å². The molecule has 4 atom stereocenters. The van der Waals surface area contributed by atoms with E-state index in [1.54, 1.807) is 38.1 Å². The molecule has 1 aliphatic carbocycles. The Kier molecular flexibility index (Phi) is 49.4. The molecule has 0 spiro atoms. The molecule has 67 heavy (non-hydrogen) atoms. The maximum Gasteiger partial charge on any atom is 0.161 e. The van der Waals surface area contributed by atoms with Gasteiger partial charge < -0.3 is 9.47 Å². The van der Waals surface area contributed by atoms with E-state index in [9.17, 15) is 17.6 Å². The lowest BCUT2D eigenvalue weighted by atomic mass is 9.84. The summed E-state index contributed by atoms with van der Waals surface area (Å²) in [4.78, 5) is 0. The third-order valence-electron chi connectivity index (χ3n) is 11.1. The lowest BCUT2D eigenvalue weighted by Gasteiger charge is -2.23. The van der Waals surface area contributed by atoms with Gasteiger partial charge in [-0.25, -0.2) is 17.6 Å². The Morgan fingerprint density at radius 1 is 0.343 bits per heavy atom. The van der Waals surface area contributed by atoms with Crippen LogP contribution in [0.5, 0.6) is 0 Å². The Morgan fingerprint density at radius 2 is 0.582 bits per heavy atom. The van der Waals surface area contributed by atoms with Crippen molar-refractivity contribution in [1.29, 1.82) is 0 Å². The molecular formula is C61H110F4O2. The fraction of sp³-hybridized carbons (Fsp3) is 0.607. The third-order valence-corrected chi connectivity index (χ3v) is 11.1. The maximum atomic E-state index is 12.6. The average Bonchev–Trinajstić information content (AvgIpc) is 3.21. The summed E-state index contributed by atoms with van der Waals surface area (Å²) in [5, 5.41) is 0. The van der Waals surface area contributed by atoms with Gasteiger partial charge in [-0.3, -0.25) is 0 Å². The van der Waals surface area contributed by atoms with Crippen LogP contribution >= 0.6 is 0 Å². The molecule has 1 saturated carbocycles. The number of aryl methyl sites for hydroxylation is 8. The van der Waals surface area contributed by atoms with E-state index in [2.05, 4.69) is 79.7 Å². The molecule has 394 valence electrons. The fourth-order valence-electron chi connectivity index (χ4n) is 6.23. The molecule has 2 aliphatic heterocycles. The number of rotatable bonds is 0. The minimum absolute atomic E-state index is 0. The zero-order valence-electron chi connectivity index (χ0n) is 39.8. The Morgan fingerprint density at radius 3 is 0.791 bits per heavy atom. The van der Waals surface area contributed by atoms with Crippen LogP contribution in [-0.2, 0) is 9.47 Å². The van der Waals surface area contributed by atoms with Crippen molar-refractivity contribution in [3.05, 3.63) is 141 Å². The second kappa shape index (κ2) is 42.6. The van der Waals surface area contributed by atoms with Crippen molar-refractivity contribution in [3.8, 4) is 0 Å². The molecule has 0 radical (unpaired) electrons. The molecule has 4 aromatic rings. The quantitative estimate of drug-likeness (QED) is 0.164. The summed E-state index contributed by atoms with van der Waals surface area (Å²) in [5.41, 5.74) is 6.72. The Labute approximate surface area is 417 Å². The monoisotopic (exact) mass is 951 g/mol. The molecule has 3 fully saturated rings. The van der Waals surface area contributed by atoms with Crippen LogP contribution in [-0.4, -0.2) is 25.4 Å². The molecule has 6 heteroatoms. The third kappa shape index (κ3) is 36.2. The van der Waals surface area contributed by atoms with Crippen molar-refractivity contribution >= 4 is 0 Å². The fourth-order valence-corrected chi connectivity index (χ4v) is 6.23. The number of ether oxygens (including phenoxy) is 2. The zero-order valence-corrected chi connectivity index (χ0v) is 39.8. The summed E-state index contributed by atoms with van der Waals surface area (Å²) in [7, 11) is 0. The molecule has 0 amide bonds. The van der Waals surface area contributed by atoms with E-state index < -0.39 is 11.6 Å². The first-order valence-corrected chi connectivity index (χ1v) is 22.3. The number of benzene rings is 4. The number of halogens is 4. The van der Waals surface area contributed by atoms with Crippen molar-refractivity contribution in [3.63, 3.8) is 0 Å². The lowest BCUT2D eigenvalue weighted by molar-refractivity contribution is 0.000174. The molecular weight excluding hydrogens is 841 g/mol. The Bertz CT molecular complexity index is 1560. The van der Waals surface area contributed by atoms with E-state index in [0.717, 1.165) is 48.0 Å². The zero-order chi connectivity index (χ0) is 45.4. The van der Waals surface area contributed by atoms with Gasteiger partial charge in [-0.2, -0.15) is 0 Å². The van der Waals surface area contributed by atoms with Gasteiger partial charge in [0.15, 0.2) is 11.6 Å². The van der Waals surface area contributed by atoms with E-state index in [1.807, 2.05) is 26.0 Å². The van der Waals surface area contributed by atoms with Crippen LogP contribution in [0.2, 0.25) is 0 Å².